The van der Waals surface area contributed by atoms with Crippen molar-refractivity contribution in [3.8, 4) is 0 Å². The zero-order valence-electron chi connectivity index (χ0n) is 11.1. The van der Waals surface area contributed by atoms with Crippen LogP contribution in [-0.4, -0.2) is 16.9 Å². The Morgan fingerprint density at radius 2 is 1.94 bits per heavy atom. The molecule has 1 aromatic rings. The average Bonchev–Trinajstić information content (AvgIpc) is 2.53. The minimum atomic E-state index is -0.300. The molecule has 1 rings (SSSR count). The number of aryl methyl sites for hydroxylation is 2. The van der Waals surface area contributed by atoms with E-state index in [9.17, 15) is 4.79 Å². The van der Waals surface area contributed by atoms with Crippen LogP contribution in [-0.2, 0) is 4.79 Å². The fraction of sp³-hybridized carbons (Fsp3) is 0.667. The van der Waals surface area contributed by atoms with Gasteiger partial charge in [0.05, 0.1) is 16.7 Å². The average molecular weight is 255 g/mol. The van der Waals surface area contributed by atoms with Crippen molar-refractivity contribution in [2.24, 2.45) is 11.7 Å². The summed E-state index contributed by atoms with van der Waals surface area (Å²) >= 11 is 1.66. The van der Waals surface area contributed by atoms with Crippen molar-refractivity contribution in [3.63, 3.8) is 0 Å². The van der Waals surface area contributed by atoms with Crippen LogP contribution in [0.25, 0.3) is 0 Å². The molecule has 0 saturated carbocycles. The van der Waals surface area contributed by atoms with Gasteiger partial charge >= 0.3 is 0 Å². The minimum Gasteiger partial charge on any atom is -0.368 e. The van der Waals surface area contributed by atoms with E-state index in [0.29, 0.717) is 0 Å². The molecule has 17 heavy (non-hydrogen) atoms. The van der Waals surface area contributed by atoms with Crippen molar-refractivity contribution < 1.29 is 4.79 Å². The first-order chi connectivity index (χ1) is 7.82. The molecule has 0 aromatic carbocycles. The predicted molar refractivity (Wildman–Crippen MR) is 71.0 cm³/mol. The third kappa shape index (κ3) is 3.51. The quantitative estimate of drug-likeness (QED) is 0.844. The van der Waals surface area contributed by atoms with Crippen LogP contribution in [0.3, 0.4) is 0 Å². The fourth-order valence-corrected chi connectivity index (χ4v) is 2.84. The maximum atomic E-state index is 11.3. The van der Waals surface area contributed by atoms with Gasteiger partial charge in [-0.3, -0.25) is 10.1 Å². The highest BCUT2D eigenvalue weighted by Gasteiger charge is 2.23. The molecule has 0 aliphatic rings. The largest absolute Gasteiger partial charge is 0.368 e. The fourth-order valence-electron chi connectivity index (χ4n) is 1.90. The molecular formula is C12H21N3OS. The van der Waals surface area contributed by atoms with Gasteiger partial charge in [-0.2, -0.15) is 0 Å². The summed E-state index contributed by atoms with van der Waals surface area (Å²) in [6, 6.07) is -0.201. The van der Waals surface area contributed by atoms with Gasteiger partial charge in [-0.15, -0.1) is 11.3 Å². The van der Waals surface area contributed by atoms with Crippen molar-refractivity contribution in [1.29, 1.82) is 0 Å². The lowest BCUT2D eigenvalue weighted by Gasteiger charge is -2.23. The zero-order valence-corrected chi connectivity index (χ0v) is 11.9. The van der Waals surface area contributed by atoms with Crippen molar-refractivity contribution in [2.45, 2.75) is 46.7 Å². The molecule has 0 spiro atoms. The second-order valence-electron chi connectivity index (χ2n) is 4.69. The predicted octanol–water partition coefficient (Wildman–Crippen LogP) is 1.92. The van der Waals surface area contributed by atoms with Crippen molar-refractivity contribution in [3.05, 3.63) is 15.6 Å². The molecule has 0 bridgehead atoms. The first kappa shape index (κ1) is 14.1. The van der Waals surface area contributed by atoms with Gasteiger partial charge in [0.1, 0.15) is 0 Å². The van der Waals surface area contributed by atoms with Gasteiger partial charge in [0.2, 0.25) is 5.91 Å². The molecule has 2 unspecified atom stereocenters. The molecule has 0 radical (unpaired) electrons. The molecule has 3 N–H and O–H groups in total. The molecular weight excluding hydrogens is 234 g/mol. The first-order valence-electron chi connectivity index (χ1n) is 5.82. The highest BCUT2D eigenvalue weighted by Crippen LogP contribution is 2.25. The normalized spacial score (nSPS) is 14.9. The summed E-state index contributed by atoms with van der Waals surface area (Å²) in [5, 5.41) is 4.33. The third-order valence-corrected chi connectivity index (χ3v) is 3.99. The molecule has 1 aromatic heterocycles. The molecule has 0 aliphatic heterocycles. The maximum absolute atomic E-state index is 11.3. The zero-order chi connectivity index (χ0) is 13.2. The molecule has 1 heterocycles. The van der Waals surface area contributed by atoms with Crippen LogP contribution in [0.1, 0.15) is 42.4 Å². The number of nitrogens with two attached hydrogens (primary N) is 1. The van der Waals surface area contributed by atoms with Gasteiger partial charge in [-0.1, -0.05) is 13.8 Å². The van der Waals surface area contributed by atoms with E-state index in [1.54, 1.807) is 11.3 Å². The molecule has 2 atom stereocenters. The number of hydrogen-bond donors (Lipinski definition) is 2. The van der Waals surface area contributed by atoms with Crippen LogP contribution < -0.4 is 11.1 Å². The molecule has 1 amide bonds. The SMILES string of the molecule is Cc1nc(C)c(C(C)NC(C(N)=O)C(C)C)s1. The Bertz CT molecular complexity index is 400. The Balaban J connectivity index is 2.80. The number of nitrogens with zero attached hydrogens (tertiary/aromatic N) is 1. The Kier molecular flexibility index (Phi) is 4.65. The van der Waals surface area contributed by atoms with Crippen LogP contribution in [0.15, 0.2) is 0 Å². The number of nitrogens with one attached hydrogen (secondary N) is 1. The van der Waals surface area contributed by atoms with E-state index in [1.807, 2.05) is 34.6 Å². The Morgan fingerprint density at radius 3 is 2.29 bits per heavy atom. The van der Waals surface area contributed by atoms with Gasteiger partial charge in [0, 0.05) is 10.9 Å². The summed E-state index contributed by atoms with van der Waals surface area (Å²) < 4.78 is 0. The van der Waals surface area contributed by atoms with E-state index >= 15 is 0 Å². The van der Waals surface area contributed by atoms with Crippen LogP contribution in [0.2, 0.25) is 0 Å². The molecule has 0 fully saturated rings. The Hall–Kier alpha value is -0.940. The monoisotopic (exact) mass is 255 g/mol. The van der Waals surface area contributed by atoms with Gasteiger partial charge < -0.3 is 5.73 Å². The van der Waals surface area contributed by atoms with E-state index in [0.717, 1.165) is 10.7 Å². The highest BCUT2D eigenvalue weighted by atomic mass is 32.1. The lowest BCUT2D eigenvalue weighted by Crippen LogP contribution is -2.45. The van der Waals surface area contributed by atoms with E-state index in [-0.39, 0.29) is 23.9 Å². The highest BCUT2D eigenvalue weighted by molar-refractivity contribution is 7.11. The number of carbonyl (C=O) groups excluding carboxylic acids is 1. The first-order valence-corrected chi connectivity index (χ1v) is 6.63. The number of rotatable bonds is 5. The topological polar surface area (TPSA) is 68.0 Å². The van der Waals surface area contributed by atoms with Gasteiger partial charge in [0.25, 0.3) is 0 Å². The number of aromatic nitrogens is 1. The number of amides is 1. The lowest BCUT2D eigenvalue weighted by molar-refractivity contribution is -0.121. The van der Waals surface area contributed by atoms with Crippen molar-refractivity contribution in [2.75, 3.05) is 0 Å². The summed E-state index contributed by atoms with van der Waals surface area (Å²) in [7, 11) is 0. The second kappa shape index (κ2) is 5.60. The third-order valence-electron chi connectivity index (χ3n) is 2.74. The lowest BCUT2D eigenvalue weighted by atomic mass is 10.0. The van der Waals surface area contributed by atoms with Crippen LogP contribution >= 0.6 is 11.3 Å². The van der Waals surface area contributed by atoms with E-state index in [2.05, 4.69) is 10.3 Å². The summed E-state index contributed by atoms with van der Waals surface area (Å²) in [6.07, 6.45) is 0. The van der Waals surface area contributed by atoms with E-state index in [1.165, 1.54) is 4.88 Å². The van der Waals surface area contributed by atoms with Gasteiger partial charge in [0.15, 0.2) is 0 Å². The van der Waals surface area contributed by atoms with E-state index < -0.39 is 0 Å². The second-order valence-corrected chi connectivity index (χ2v) is 5.93. The van der Waals surface area contributed by atoms with Crippen LogP contribution in [0.4, 0.5) is 0 Å². The number of carbonyl (C=O) groups is 1. The van der Waals surface area contributed by atoms with Gasteiger partial charge in [-0.25, -0.2) is 4.98 Å². The molecule has 96 valence electrons. The maximum Gasteiger partial charge on any atom is 0.234 e. The Morgan fingerprint density at radius 1 is 1.35 bits per heavy atom. The summed E-state index contributed by atoms with van der Waals surface area (Å²) in [4.78, 5) is 16.9. The minimum absolute atomic E-state index is 0.0982. The molecule has 0 aliphatic carbocycles. The summed E-state index contributed by atoms with van der Waals surface area (Å²) in [5.41, 5.74) is 6.42. The summed E-state index contributed by atoms with van der Waals surface area (Å²) in [6.45, 7) is 9.99. The Labute approximate surface area is 107 Å². The van der Waals surface area contributed by atoms with Gasteiger partial charge in [-0.05, 0) is 26.7 Å². The number of hydrogen-bond acceptors (Lipinski definition) is 4. The van der Waals surface area contributed by atoms with Crippen LogP contribution in [0.5, 0.6) is 0 Å². The van der Waals surface area contributed by atoms with Crippen molar-refractivity contribution in [1.82, 2.24) is 10.3 Å². The number of thiazole rings is 1. The van der Waals surface area contributed by atoms with Crippen molar-refractivity contribution >= 4 is 17.2 Å². The standard InChI is InChI=1S/C12H21N3OS/c1-6(2)10(12(13)16)15-8(4)11-7(3)14-9(5)17-11/h6,8,10,15H,1-5H3,(H2,13,16). The van der Waals surface area contributed by atoms with Crippen LogP contribution in [0, 0.1) is 19.8 Å². The molecule has 4 nitrogen and oxygen atoms in total. The molecule has 5 heteroatoms. The van der Waals surface area contributed by atoms with E-state index in [4.69, 9.17) is 5.73 Å². The number of primary amides is 1. The summed E-state index contributed by atoms with van der Waals surface area (Å²) in [5.74, 6) is -0.116. The smallest absolute Gasteiger partial charge is 0.234 e. The molecule has 0 saturated heterocycles.